The van der Waals surface area contributed by atoms with Gasteiger partial charge in [0, 0.05) is 64.2 Å². The molecule has 2 amide bonds. The van der Waals surface area contributed by atoms with Crippen molar-refractivity contribution in [3.8, 4) is 0 Å². The van der Waals surface area contributed by atoms with Crippen molar-refractivity contribution in [3.05, 3.63) is 0 Å². The van der Waals surface area contributed by atoms with Crippen LogP contribution in [0.4, 0.5) is 0 Å². The summed E-state index contributed by atoms with van der Waals surface area (Å²) >= 11 is 0. The normalized spacial score (nSPS) is 20.6. The number of guanidine groups is 1. The molecule has 30 heavy (non-hydrogen) atoms. The Bertz CT molecular complexity index is 570. The SMILES string of the molecule is CCNC(=NCCN1CCN(C(=O)C2CCCC2)CC1)NCCNC(=O)C1CC1.I. The zero-order valence-electron chi connectivity index (χ0n) is 18.3. The molecule has 8 nitrogen and oxygen atoms in total. The Morgan fingerprint density at radius 1 is 0.900 bits per heavy atom. The van der Waals surface area contributed by atoms with Crippen LogP contribution in [-0.4, -0.2) is 86.5 Å². The summed E-state index contributed by atoms with van der Waals surface area (Å²) in [5.41, 5.74) is 0. The lowest BCUT2D eigenvalue weighted by Crippen LogP contribution is -2.50. The van der Waals surface area contributed by atoms with Gasteiger partial charge in [-0.15, -0.1) is 24.0 Å². The van der Waals surface area contributed by atoms with Gasteiger partial charge in [0.15, 0.2) is 5.96 Å². The van der Waals surface area contributed by atoms with E-state index >= 15 is 0 Å². The van der Waals surface area contributed by atoms with Gasteiger partial charge in [0.2, 0.25) is 11.8 Å². The van der Waals surface area contributed by atoms with Gasteiger partial charge in [0.05, 0.1) is 6.54 Å². The average Bonchev–Trinajstić information content (AvgIpc) is 3.45. The predicted molar refractivity (Wildman–Crippen MR) is 130 cm³/mol. The number of hydrogen-bond donors (Lipinski definition) is 3. The molecular formula is C21H39IN6O2. The lowest BCUT2D eigenvalue weighted by atomic mass is 10.1. The number of carbonyl (C=O) groups is 2. The van der Waals surface area contributed by atoms with E-state index in [4.69, 9.17) is 0 Å². The largest absolute Gasteiger partial charge is 0.357 e. The number of nitrogens with zero attached hydrogens (tertiary/aromatic N) is 3. The van der Waals surface area contributed by atoms with Crippen LogP contribution in [0.3, 0.4) is 0 Å². The topological polar surface area (TPSA) is 89.1 Å². The Hall–Kier alpha value is -1.10. The van der Waals surface area contributed by atoms with Gasteiger partial charge < -0.3 is 20.9 Å². The van der Waals surface area contributed by atoms with E-state index in [0.717, 1.165) is 77.5 Å². The summed E-state index contributed by atoms with van der Waals surface area (Å²) in [4.78, 5) is 33.3. The third kappa shape index (κ3) is 8.20. The van der Waals surface area contributed by atoms with Crippen molar-refractivity contribution < 1.29 is 9.59 Å². The minimum Gasteiger partial charge on any atom is -0.357 e. The second kappa shape index (κ2) is 13.3. The number of amides is 2. The van der Waals surface area contributed by atoms with Crippen LogP contribution in [0.5, 0.6) is 0 Å². The number of aliphatic imine (C=N–C) groups is 1. The second-order valence-corrected chi connectivity index (χ2v) is 8.40. The van der Waals surface area contributed by atoms with E-state index < -0.39 is 0 Å². The lowest BCUT2D eigenvalue weighted by molar-refractivity contribution is -0.137. The molecule has 0 aromatic heterocycles. The van der Waals surface area contributed by atoms with Gasteiger partial charge in [0.1, 0.15) is 0 Å². The van der Waals surface area contributed by atoms with Gasteiger partial charge in [-0.2, -0.15) is 0 Å². The molecule has 0 spiro atoms. The van der Waals surface area contributed by atoms with E-state index in [1.165, 1.54) is 12.8 Å². The van der Waals surface area contributed by atoms with Crippen LogP contribution in [0.1, 0.15) is 45.4 Å². The maximum Gasteiger partial charge on any atom is 0.225 e. The summed E-state index contributed by atoms with van der Waals surface area (Å²) in [7, 11) is 0. The summed E-state index contributed by atoms with van der Waals surface area (Å²) in [6, 6.07) is 0. The summed E-state index contributed by atoms with van der Waals surface area (Å²) in [6.07, 6.45) is 6.65. The molecule has 0 aromatic rings. The number of halogens is 1. The Morgan fingerprint density at radius 2 is 1.57 bits per heavy atom. The Balaban J connectivity index is 0.00000320. The van der Waals surface area contributed by atoms with Crippen molar-refractivity contribution >= 4 is 41.8 Å². The number of hydrogen-bond acceptors (Lipinski definition) is 4. The minimum atomic E-state index is 0. The van der Waals surface area contributed by atoms with E-state index in [0.29, 0.717) is 19.0 Å². The van der Waals surface area contributed by atoms with Crippen LogP contribution in [-0.2, 0) is 9.59 Å². The maximum atomic E-state index is 12.5. The quantitative estimate of drug-likeness (QED) is 0.178. The van der Waals surface area contributed by atoms with E-state index in [1.807, 2.05) is 6.92 Å². The highest BCUT2D eigenvalue weighted by Crippen LogP contribution is 2.28. The first kappa shape index (κ1) is 25.2. The van der Waals surface area contributed by atoms with Gasteiger partial charge in [-0.3, -0.25) is 19.5 Å². The summed E-state index contributed by atoms with van der Waals surface area (Å²) < 4.78 is 0. The maximum absolute atomic E-state index is 12.5. The molecule has 2 saturated carbocycles. The van der Waals surface area contributed by atoms with Crippen molar-refractivity contribution in [3.63, 3.8) is 0 Å². The summed E-state index contributed by atoms with van der Waals surface area (Å²) in [6.45, 7) is 9.34. The predicted octanol–water partition coefficient (Wildman–Crippen LogP) is 1.02. The lowest BCUT2D eigenvalue weighted by Gasteiger charge is -2.35. The van der Waals surface area contributed by atoms with Gasteiger partial charge >= 0.3 is 0 Å². The molecule has 3 aliphatic rings. The molecule has 3 N–H and O–H groups in total. The van der Waals surface area contributed by atoms with Crippen molar-refractivity contribution in [2.24, 2.45) is 16.8 Å². The summed E-state index contributed by atoms with van der Waals surface area (Å²) in [5, 5.41) is 9.49. The molecule has 1 saturated heterocycles. The van der Waals surface area contributed by atoms with E-state index in [-0.39, 0.29) is 41.7 Å². The molecule has 1 aliphatic heterocycles. The van der Waals surface area contributed by atoms with Crippen molar-refractivity contribution in [1.82, 2.24) is 25.8 Å². The Labute approximate surface area is 198 Å². The Kier molecular flexibility index (Phi) is 11.2. The number of nitrogens with one attached hydrogen (secondary N) is 3. The fraction of sp³-hybridized carbons (Fsp3) is 0.857. The fourth-order valence-electron chi connectivity index (χ4n) is 4.12. The van der Waals surface area contributed by atoms with Crippen LogP contribution in [0.25, 0.3) is 0 Å². The summed E-state index contributed by atoms with van der Waals surface area (Å²) in [5.74, 6) is 1.90. The molecule has 172 valence electrons. The Morgan fingerprint density at radius 3 is 2.20 bits per heavy atom. The molecule has 2 aliphatic carbocycles. The number of piperazine rings is 1. The van der Waals surface area contributed by atoms with Gasteiger partial charge in [-0.1, -0.05) is 12.8 Å². The van der Waals surface area contributed by atoms with Crippen LogP contribution < -0.4 is 16.0 Å². The first-order chi connectivity index (χ1) is 14.2. The molecule has 9 heteroatoms. The van der Waals surface area contributed by atoms with E-state index in [9.17, 15) is 9.59 Å². The van der Waals surface area contributed by atoms with E-state index in [2.05, 4.69) is 30.7 Å². The number of carbonyl (C=O) groups excluding carboxylic acids is 2. The smallest absolute Gasteiger partial charge is 0.225 e. The molecule has 1 heterocycles. The molecular weight excluding hydrogens is 495 g/mol. The molecule has 0 bridgehead atoms. The highest BCUT2D eigenvalue weighted by atomic mass is 127. The van der Waals surface area contributed by atoms with Crippen molar-refractivity contribution in [1.29, 1.82) is 0 Å². The molecule has 0 atom stereocenters. The first-order valence-electron chi connectivity index (χ1n) is 11.5. The van der Waals surface area contributed by atoms with Crippen LogP contribution in [0, 0.1) is 11.8 Å². The third-order valence-electron chi connectivity index (χ3n) is 6.08. The van der Waals surface area contributed by atoms with Gasteiger partial charge in [0.25, 0.3) is 0 Å². The van der Waals surface area contributed by atoms with Crippen LogP contribution in [0.15, 0.2) is 4.99 Å². The standard InChI is InChI=1S/C21H38N6O2.HI/c1-2-22-21(24-10-9-23-19(28)17-7-8-17)25-11-12-26-13-15-27(16-14-26)20(29)18-5-3-4-6-18;/h17-18H,2-16H2,1H3,(H,23,28)(H2,22,24,25);1H. The fourth-order valence-corrected chi connectivity index (χ4v) is 4.12. The van der Waals surface area contributed by atoms with Crippen molar-refractivity contribution in [2.45, 2.75) is 45.4 Å². The number of rotatable bonds is 9. The zero-order chi connectivity index (χ0) is 20.5. The van der Waals surface area contributed by atoms with Gasteiger partial charge in [-0.05, 0) is 32.6 Å². The second-order valence-electron chi connectivity index (χ2n) is 8.40. The molecule has 0 aromatic carbocycles. The molecule has 3 fully saturated rings. The highest BCUT2D eigenvalue weighted by molar-refractivity contribution is 14.0. The van der Waals surface area contributed by atoms with Gasteiger partial charge in [-0.25, -0.2) is 0 Å². The average molecular weight is 534 g/mol. The minimum absolute atomic E-state index is 0. The zero-order valence-corrected chi connectivity index (χ0v) is 20.7. The first-order valence-corrected chi connectivity index (χ1v) is 11.5. The van der Waals surface area contributed by atoms with Crippen LogP contribution in [0.2, 0.25) is 0 Å². The van der Waals surface area contributed by atoms with E-state index in [1.54, 1.807) is 0 Å². The molecule has 3 rings (SSSR count). The third-order valence-corrected chi connectivity index (χ3v) is 6.08. The molecule has 0 unspecified atom stereocenters. The molecule has 0 radical (unpaired) electrons. The van der Waals surface area contributed by atoms with Crippen LogP contribution >= 0.6 is 24.0 Å². The highest BCUT2D eigenvalue weighted by Gasteiger charge is 2.30. The van der Waals surface area contributed by atoms with Crippen molar-refractivity contribution in [2.75, 3.05) is 58.9 Å². The monoisotopic (exact) mass is 534 g/mol.